The number of hydrogen-bond donors (Lipinski definition) is 1. The zero-order chi connectivity index (χ0) is 13.2. The average molecular weight is 354 g/mol. The molecule has 0 aliphatic heterocycles. The van der Waals surface area contributed by atoms with Crippen LogP contribution in [-0.4, -0.2) is 4.98 Å². The summed E-state index contributed by atoms with van der Waals surface area (Å²) in [6, 6.07) is 9.88. The average Bonchev–Trinajstić information content (AvgIpc) is 2.84. The summed E-state index contributed by atoms with van der Waals surface area (Å²) in [7, 11) is 0. The van der Waals surface area contributed by atoms with E-state index in [2.05, 4.69) is 37.7 Å². The van der Waals surface area contributed by atoms with Crippen molar-refractivity contribution in [3.63, 3.8) is 0 Å². The van der Waals surface area contributed by atoms with Crippen LogP contribution in [0.1, 0.15) is 4.88 Å². The normalized spacial score (nSPS) is 10.8. The molecule has 2 aromatic heterocycles. The van der Waals surface area contributed by atoms with Crippen LogP contribution in [0.3, 0.4) is 0 Å². The third-order valence-corrected chi connectivity index (χ3v) is 5.08. The first-order chi connectivity index (χ1) is 9.25. The summed E-state index contributed by atoms with van der Waals surface area (Å²) in [6.45, 7) is 0.782. The van der Waals surface area contributed by atoms with Gasteiger partial charge in [-0.2, -0.15) is 0 Å². The maximum Gasteiger partial charge on any atom is 0.0908 e. The Morgan fingerprint density at radius 1 is 1.26 bits per heavy atom. The van der Waals surface area contributed by atoms with Crippen molar-refractivity contribution in [1.82, 2.24) is 4.98 Å². The van der Waals surface area contributed by atoms with Gasteiger partial charge in [-0.15, -0.1) is 11.3 Å². The van der Waals surface area contributed by atoms with Crippen LogP contribution in [0.25, 0.3) is 10.9 Å². The van der Waals surface area contributed by atoms with Gasteiger partial charge in [0.25, 0.3) is 0 Å². The number of fused-ring (bicyclic) bond motifs is 1. The number of hydrogen-bond acceptors (Lipinski definition) is 3. The van der Waals surface area contributed by atoms with Gasteiger partial charge in [0, 0.05) is 26.6 Å². The first kappa shape index (κ1) is 12.9. The van der Waals surface area contributed by atoms with Crippen LogP contribution in [0, 0.1) is 0 Å². The van der Waals surface area contributed by atoms with Gasteiger partial charge in [-0.1, -0.05) is 11.6 Å². The molecule has 0 saturated carbocycles. The first-order valence-electron chi connectivity index (χ1n) is 5.74. The monoisotopic (exact) mass is 352 g/mol. The van der Waals surface area contributed by atoms with E-state index >= 15 is 0 Å². The highest BCUT2D eigenvalue weighted by molar-refractivity contribution is 9.10. The second kappa shape index (κ2) is 5.49. The van der Waals surface area contributed by atoms with Crippen LogP contribution < -0.4 is 5.32 Å². The Morgan fingerprint density at radius 2 is 2.16 bits per heavy atom. The van der Waals surface area contributed by atoms with Gasteiger partial charge < -0.3 is 5.32 Å². The topological polar surface area (TPSA) is 24.9 Å². The van der Waals surface area contributed by atoms with Gasteiger partial charge in [-0.05, 0) is 51.6 Å². The minimum atomic E-state index is 0.679. The van der Waals surface area contributed by atoms with Crippen molar-refractivity contribution in [2.45, 2.75) is 6.54 Å². The Balaban J connectivity index is 1.93. The summed E-state index contributed by atoms with van der Waals surface area (Å²) in [6.07, 6.45) is 1.76. The van der Waals surface area contributed by atoms with Gasteiger partial charge in [0.15, 0.2) is 0 Å². The van der Waals surface area contributed by atoms with Gasteiger partial charge in [0.1, 0.15) is 0 Å². The molecule has 3 aromatic rings. The third-order valence-electron chi connectivity index (χ3n) is 2.85. The molecule has 0 atom stereocenters. The molecule has 2 nitrogen and oxygen atoms in total. The van der Waals surface area contributed by atoms with Crippen molar-refractivity contribution in [3.8, 4) is 0 Å². The van der Waals surface area contributed by atoms with Crippen LogP contribution in [-0.2, 0) is 6.54 Å². The van der Waals surface area contributed by atoms with E-state index in [4.69, 9.17) is 11.6 Å². The summed E-state index contributed by atoms with van der Waals surface area (Å²) in [5, 5.41) is 7.24. The lowest BCUT2D eigenvalue weighted by atomic mass is 10.2. The summed E-state index contributed by atoms with van der Waals surface area (Å²) < 4.78 is 1.14. The fourth-order valence-corrected chi connectivity index (χ4v) is 3.56. The molecule has 0 fully saturated rings. The molecule has 96 valence electrons. The predicted molar refractivity (Wildman–Crippen MR) is 86.1 cm³/mol. The van der Waals surface area contributed by atoms with E-state index < -0.39 is 0 Å². The molecule has 2 heterocycles. The fourth-order valence-electron chi connectivity index (χ4n) is 1.92. The minimum Gasteiger partial charge on any atom is -0.380 e. The SMILES string of the molecule is Clc1ccc(NCc2sccc2Br)c2cccnc12. The highest BCUT2D eigenvalue weighted by atomic mass is 79.9. The van der Waals surface area contributed by atoms with Crippen molar-refractivity contribution < 1.29 is 0 Å². The molecule has 1 N–H and O–H groups in total. The molecular weight excluding hydrogens is 344 g/mol. The molecule has 5 heteroatoms. The van der Waals surface area contributed by atoms with E-state index in [1.54, 1.807) is 17.5 Å². The van der Waals surface area contributed by atoms with Crippen molar-refractivity contribution in [1.29, 1.82) is 0 Å². The number of thiophene rings is 1. The molecule has 0 aliphatic rings. The number of benzene rings is 1. The van der Waals surface area contributed by atoms with Crippen molar-refractivity contribution in [2.75, 3.05) is 5.32 Å². The van der Waals surface area contributed by atoms with Crippen LogP contribution in [0.2, 0.25) is 5.02 Å². The summed E-state index contributed by atoms with van der Waals surface area (Å²) in [5.74, 6) is 0. The van der Waals surface area contributed by atoms with Crippen LogP contribution in [0.4, 0.5) is 5.69 Å². The van der Waals surface area contributed by atoms with Gasteiger partial charge in [-0.3, -0.25) is 4.98 Å². The van der Waals surface area contributed by atoms with Crippen LogP contribution in [0.5, 0.6) is 0 Å². The van der Waals surface area contributed by atoms with E-state index in [1.165, 1.54) is 4.88 Å². The Bertz CT molecular complexity index is 726. The highest BCUT2D eigenvalue weighted by Gasteiger charge is 2.06. The summed E-state index contributed by atoms with van der Waals surface area (Å²) in [4.78, 5) is 5.60. The van der Waals surface area contributed by atoms with E-state index in [0.717, 1.165) is 27.6 Å². The number of halogens is 2. The lowest BCUT2D eigenvalue weighted by molar-refractivity contribution is 1.19. The number of pyridine rings is 1. The molecule has 0 aliphatic carbocycles. The highest BCUT2D eigenvalue weighted by Crippen LogP contribution is 2.29. The molecular formula is C14H10BrClN2S. The quantitative estimate of drug-likeness (QED) is 0.689. The van der Waals surface area contributed by atoms with E-state index in [-0.39, 0.29) is 0 Å². The standard InChI is InChI=1S/C14H10BrClN2S/c15-10-5-7-19-13(10)8-18-12-4-3-11(16)14-9(12)2-1-6-17-14/h1-7,18H,8H2. The molecule has 0 spiro atoms. The van der Waals surface area contributed by atoms with Gasteiger partial charge in [0.2, 0.25) is 0 Å². The lowest BCUT2D eigenvalue weighted by Crippen LogP contribution is -1.99. The summed E-state index contributed by atoms with van der Waals surface area (Å²) >= 11 is 11.4. The smallest absolute Gasteiger partial charge is 0.0908 e. The number of nitrogens with zero attached hydrogens (tertiary/aromatic N) is 1. The predicted octanol–water partition coefficient (Wildman–Crippen LogP) is 5.32. The van der Waals surface area contributed by atoms with Crippen LogP contribution >= 0.6 is 38.9 Å². The summed E-state index contributed by atoms with van der Waals surface area (Å²) in [5.41, 5.74) is 1.88. The van der Waals surface area contributed by atoms with E-state index in [9.17, 15) is 0 Å². The lowest BCUT2D eigenvalue weighted by Gasteiger charge is -2.09. The van der Waals surface area contributed by atoms with Crippen LogP contribution in [0.15, 0.2) is 46.4 Å². The Hall–Kier alpha value is -1.10. The molecule has 0 amide bonds. The largest absolute Gasteiger partial charge is 0.380 e. The van der Waals surface area contributed by atoms with Crippen molar-refractivity contribution in [2.24, 2.45) is 0 Å². The molecule has 0 bridgehead atoms. The fraction of sp³-hybridized carbons (Fsp3) is 0.0714. The van der Waals surface area contributed by atoms with Gasteiger partial charge >= 0.3 is 0 Å². The zero-order valence-electron chi connectivity index (χ0n) is 9.86. The van der Waals surface area contributed by atoms with Gasteiger partial charge in [0.05, 0.1) is 17.1 Å². The molecule has 3 rings (SSSR count). The Morgan fingerprint density at radius 3 is 2.95 bits per heavy atom. The number of nitrogens with one attached hydrogen (secondary N) is 1. The molecule has 0 saturated heterocycles. The molecule has 1 aromatic carbocycles. The van der Waals surface area contributed by atoms with E-state index in [1.807, 2.05) is 24.3 Å². The molecule has 0 unspecified atom stereocenters. The third kappa shape index (κ3) is 2.61. The van der Waals surface area contributed by atoms with Crippen molar-refractivity contribution in [3.05, 3.63) is 56.3 Å². The number of aromatic nitrogens is 1. The Labute approximate surface area is 128 Å². The second-order valence-corrected chi connectivity index (χ2v) is 6.30. The number of anilines is 1. The van der Waals surface area contributed by atoms with Crippen molar-refractivity contribution >= 4 is 55.5 Å². The first-order valence-corrected chi connectivity index (χ1v) is 7.80. The minimum absolute atomic E-state index is 0.679. The molecule has 19 heavy (non-hydrogen) atoms. The zero-order valence-corrected chi connectivity index (χ0v) is 13.0. The van der Waals surface area contributed by atoms with Gasteiger partial charge in [-0.25, -0.2) is 0 Å². The Kier molecular flexibility index (Phi) is 3.73. The maximum absolute atomic E-state index is 6.16. The second-order valence-electron chi connectivity index (χ2n) is 4.04. The molecule has 0 radical (unpaired) electrons. The number of rotatable bonds is 3. The van der Waals surface area contributed by atoms with E-state index in [0.29, 0.717) is 5.02 Å². The maximum atomic E-state index is 6.16.